The lowest BCUT2D eigenvalue weighted by Crippen LogP contribution is -2.52. The highest BCUT2D eigenvalue weighted by Gasteiger charge is 2.41. The third-order valence-electron chi connectivity index (χ3n) is 5.37. The molecule has 0 amide bonds. The van der Waals surface area contributed by atoms with Gasteiger partial charge in [-0.3, -0.25) is 0 Å². The van der Waals surface area contributed by atoms with Crippen LogP contribution in [0.25, 0.3) is 0 Å². The van der Waals surface area contributed by atoms with E-state index >= 15 is 0 Å². The lowest BCUT2D eigenvalue weighted by atomic mass is 9.62. The van der Waals surface area contributed by atoms with Crippen molar-refractivity contribution in [2.75, 3.05) is 20.8 Å². The third kappa shape index (κ3) is 3.23. The predicted molar refractivity (Wildman–Crippen MR) is 86.4 cm³/mol. The molecule has 0 aromatic heterocycles. The number of nitrogens with one attached hydrogen (secondary N) is 1. The molecule has 1 aromatic carbocycles. The topological polar surface area (TPSA) is 50.7 Å². The lowest BCUT2D eigenvalue weighted by molar-refractivity contribution is 0.0492. The molecule has 2 aliphatic carbocycles. The zero-order chi connectivity index (χ0) is 15.5. The van der Waals surface area contributed by atoms with Gasteiger partial charge in [0.2, 0.25) is 0 Å². The van der Waals surface area contributed by atoms with E-state index in [0.717, 1.165) is 17.4 Å². The molecule has 0 aliphatic heterocycles. The van der Waals surface area contributed by atoms with Crippen LogP contribution < -0.4 is 14.8 Å². The first-order valence-corrected chi connectivity index (χ1v) is 8.35. The maximum atomic E-state index is 10.5. The largest absolute Gasteiger partial charge is 0.497 e. The molecule has 0 radical (unpaired) electrons. The second kappa shape index (κ2) is 6.88. The van der Waals surface area contributed by atoms with Crippen molar-refractivity contribution in [2.24, 2.45) is 11.8 Å². The van der Waals surface area contributed by atoms with Crippen molar-refractivity contribution < 1.29 is 14.6 Å². The third-order valence-corrected chi connectivity index (χ3v) is 5.37. The summed E-state index contributed by atoms with van der Waals surface area (Å²) in [5.41, 5.74) is 0.836. The molecular formula is C18H27NO3. The van der Waals surface area contributed by atoms with Crippen molar-refractivity contribution >= 4 is 0 Å². The minimum Gasteiger partial charge on any atom is -0.497 e. The van der Waals surface area contributed by atoms with Crippen molar-refractivity contribution in [1.29, 1.82) is 0 Å². The summed E-state index contributed by atoms with van der Waals surface area (Å²) in [7, 11) is 3.25. The molecule has 2 N–H and O–H groups in total. The van der Waals surface area contributed by atoms with Gasteiger partial charge in [0.1, 0.15) is 11.5 Å². The Hall–Kier alpha value is -1.26. The van der Waals surface area contributed by atoms with Crippen molar-refractivity contribution in [2.45, 2.75) is 44.2 Å². The Labute approximate surface area is 132 Å². The summed E-state index contributed by atoms with van der Waals surface area (Å²) in [6, 6.07) is 6.16. The Bertz CT molecular complexity index is 483. The summed E-state index contributed by atoms with van der Waals surface area (Å²) in [6.45, 7) is 0.588. The van der Waals surface area contributed by atoms with Crippen LogP contribution >= 0.6 is 0 Å². The quantitative estimate of drug-likeness (QED) is 0.848. The van der Waals surface area contributed by atoms with Gasteiger partial charge in [-0.05, 0) is 42.4 Å². The van der Waals surface area contributed by atoms with Gasteiger partial charge < -0.3 is 19.9 Å². The molecule has 122 valence electrons. The number of benzene rings is 1. The van der Waals surface area contributed by atoms with E-state index in [-0.39, 0.29) is 0 Å². The summed E-state index contributed by atoms with van der Waals surface area (Å²) in [5, 5.41) is 14.0. The molecule has 3 rings (SSSR count). The van der Waals surface area contributed by atoms with Crippen LogP contribution in [0.1, 0.15) is 43.8 Å². The number of ether oxygens (including phenoxy) is 2. The Balaban J connectivity index is 1.56. The van der Waals surface area contributed by atoms with Crippen molar-refractivity contribution in [3.8, 4) is 11.5 Å². The highest BCUT2D eigenvalue weighted by Crippen LogP contribution is 2.45. The van der Waals surface area contributed by atoms with Crippen LogP contribution in [0.2, 0.25) is 0 Å². The molecule has 0 bridgehead atoms. The second-order valence-corrected chi connectivity index (χ2v) is 6.62. The highest BCUT2D eigenvalue weighted by atomic mass is 16.5. The minimum atomic E-state index is -0.536. The summed E-state index contributed by atoms with van der Waals surface area (Å²) < 4.78 is 10.5. The van der Waals surface area contributed by atoms with E-state index in [0.29, 0.717) is 24.1 Å². The Morgan fingerprint density at radius 3 is 2.45 bits per heavy atom. The first kappa shape index (κ1) is 15.6. The van der Waals surface area contributed by atoms with Crippen LogP contribution in [0.4, 0.5) is 0 Å². The van der Waals surface area contributed by atoms with Gasteiger partial charge in [0.15, 0.2) is 0 Å². The molecule has 4 heteroatoms. The molecule has 4 nitrogen and oxygen atoms in total. The molecule has 2 unspecified atom stereocenters. The first-order valence-electron chi connectivity index (χ1n) is 8.35. The fourth-order valence-electron chi connectivity index (χ4n) is 4.00. The number of aliphatic hydroxyl groups excluding tert-OH is 1. The maximum absolute atomic E-state index is 10.5. The van der Waals surface area contributed by atoms with E-state index in [9.17, 15) is 5.11 Å². The molecule has 0 saturated heterocycles. The molecule has 2 saturated carbocycles. The van der Waals surface area contributed by atoms with Crippen LogP contribution in [0.3, 0.4) is 0 Å². The summed E-state index contributed by atoms with van der Waals surface area (Å²) >= 11 is 0. The molecule has 0 heterocycles. The molecule has 2 fully saturated rings. The number of aliphatic hydroxyl groups is 1. The molecule has 0 spiro atoms. The van der Waals surface area contributed by atoms with Gasteiger partial charge in [0, 0.05) is 18.7 Å². The van der Waals surface area contributed by atoms with E-state index in [4.69, 9.17) is 9.47 Å². The molecule has 2 aliphatic rings. The van der Waals surface area contributed by atoms with Crippen molar-refractivity contribution in [1.82, 2.24) is 5.32 Å². The normalized spacial score (nSPS) is 28.4. The van der Waals surface area contributed by atoms with Crippen molar-refractivity contribution in [3.63, 3.8) is 0 Å². The SMILES string of the molecule is COc1cc(OC)cc(C(O)CNC2C[C@@H]3CCCC[C@H]23)c1. The van der Waals surface area contributed by atoms with E-state index in [1.165, 1.54) is 32.1 Å². The predicted octanol–water partition coefficient (Wildman–Crippen LogP) is 2.91. The van der Waals surface area contributed by atoms with Gasteiger partial charge in [0.05, 0.1) is 20.3 Å². The van der Waals surface area contributed by atoms with Gasteiger partial charge in [-0.1, -0.05) is 19.3 Å². The average Bonchev–Trinajstić information content (AvgIpc) is 2.54. The van der Waals surface area contributed by atoms with E-state index < -0.39 is 6.10 Å². The van der Waals surface area contributed by atoms with E-state index in [1.807, 2.05) is 18.2 Å². The Morgan fingerprint density at radius 1 is 1.14 bits per heavy atom. The smallest absolute Gasteiger partial charge is 0.122 e. The molecular weight excluding hydrogens is 278 g/mol. The lowest BCUT2D eigenvalue weighted by Gasteiger charge is -2.48. The number of fused-ring (bicyclic) bond motifs is 1. The Kier molecular flexibility index (Phi) is 4.89. The fraction of sp³-hybridized carbons (Fsp3) is 0.667. The summed E-state index contributed by atoms with van der Waals surface area (Å²) in [5.74, 6) is 3.19. The number of rotatable bonds is 6. The van der Waals surface area contributed by atoms with E-state index in [2.05, 4.69) is 5.32 Å². The van der Waals surface area contributed by atoms with Crippen LogP contribution in [-0.4, -0.2) is 31.9 Å². The van der Waals surface area contributed by atoms with Crippen LogP contribution in [0.5, 0.6) is 11.5 Å². The summed E-state index contributed by atoms with van der Waals surface area (Å²) in [4.78, 5) is 0. The number of hydrogen-bond acceptors (Lipinski definition) is 4. The minimum absolute atomic E-state index is 0.536. The highest BCUT2D eigenvalue weighted by molar-refractivity contribution is 5.39. The molecule has 4 atom stereocenters. The van der Waals surface area contributed by atoms with Gasteiger partial charge in [-0.2, -0.15) is 0 Å². The first-order chi connectivity index (χ1) is 10.7. The fourth-order valence-corrected chi connectivity index (χ4v) is 4.00. The zero-order valence-corrected chi connectivity index (χ0v) is 13.5. The van der Waals surface area contributed by atoms with Crippen molar-refractivity contribution in [3.05, 3.63) is 23.8 Å². The van der Waals surface area contributed by atoms with E-state index in [1.54, 1.807) is 14.2 Å². The second-order valence-electron chi connectivity index (χ2n) is 6.62. The summed E-state index contributed by atoms with van der Waals surface area (Å²) in [6.07, 6.45) is 6.27. The average molecular weight is 305 g/mol. The zero-order valence-electron chi connectivity index (χ0n) is 13.5. The van der Waals surface area contributed by atoms with Gasteiger partial charge >= 0.3 is 0 Å². The Morgan fingerprint density at radius 2 is 1.82 bits per heavy atom. The van der Waals surface area contributed by atoms with Crippen LogP contribution in [0, 0.1) is 11.8 Å². The van der Waals surface area contributed by atoms with Gasteiger partial charge in [0.25, 0.3) is 0 Å². The molecule has 22 heavy (non-hydrogen) atoms. The van der Waals surface area contributed by atoms with Crippen LogP contribution in [0.15, 0.2) is 18.2 Å². The van der Waals surface area contributed by atoms with Gasteiger partial charge in [-0.25, -0.2) is 0 Å². The molecule has 1 aromatic rings. The standard InChI is InChI=1S/C18H27NO3/c1-21-14-7-13(8-15(10-14)22-2)18(20)11-19-17-9-12-5-3-4-6-16(12)17/h7-8,10,12,16-20H,3-6,9,11H2,1-2H3/t12-,16-,17?,18?/m0/s1. The maximum Gasteiger partial charge on any atom is 0.122 e. The van der Waals surface area contributed by atoms with Gasteiger partial charge in [-0.15, -0.1) is 0 Å². The monoisotopic (exact) mass is 305 g/mol. The number of hydrogen-bond donors (Lipinski definition) is 2. The number of methoxy groups -OCH3 is 2. The van der Waals surface area contributed by atoms with Crippen LogP contribution in [-0.2, 0) is 0 Å².